The number of carbonyl (C=O) groups excluding carboxylic acids is 1. The van der Waals surface area contributed by atoms with Crippen molar-refractivity contribution >= 4 is 11.9 Å². The molecule has 0 spiro atoms. The predicted octanol–water partition coefficient (Wildman–Crippen LogP) is 1.80. The normalized spacial score (nSPS) is 17.1. The summed E-state index contributed by atoms with van der Waals surface area (Å²) in [6.45, 7) is 4.58. The number of carbonyl (C=O) groups is 2. The number of amides is 1. The minimum Gasteiger partial charge on any atom is -0.481 e. The number of aryl methyl sites for hydroxylation is 1. The molecule has 1 aromatic heterocycles. The van der Waals surface area contributed by atoms with Crippen molar-refractivity contribution in [3.8, 4) is 0 Å². The maximum atomic E-state index is 12.7. The SMILES string of the molecule is CCCC1(C(=O)O)CCN(C(=O)c2cc(=O)cc(C)n2C)CC1. The van der Waals surface area contributed by atoms with Gasteiger partial charge in [0.2, 0.25) is 0 Å². The van der Waals surface area contributed by atoms with Crippen molar-refractivity contribution in [1.82, 2.24) is 9.47 Å². The third kappa shape index (κ3) is 3.30. The quantitative estimate of drug-likeness (QED) is 0.917. The minimum atomic E-state index is -0.769. The summed E-state index contributed by atoms with van der Waals surface area (Å²) in [6, 6.07) is 2.84. The topological polar surface area (TPSA) is 79.6 Å². The van der Waals surface area contributed by atoms with E-state index in [2.05, 4.69) is 0 Å². The van der Waals surface area contributed by atoms with Crippen molar-refractivity contribution in [2.24, 2.45) is 12.5 Å². The van der Waals surface area contributed by atoms with E-state index in [0.29, 0.717) is 38.0 Å². The second kappa shape index (κ2) is 6.56. The lowest BCUT2D eigenvalue weighted by atomic mass is 9.75. The Morgan fingerprint density at radius 2 is 1.87 bits per heavy atom. The standard InChI is InChI=1S/C17H24N2O4/c1-4-5-17(16(22)23)6-8-19(9-7-17)15(21)14-11-13(20)10-12(2)18(14)3/h10-11H,4-9H2,1-3H3,(H,22,23). The molecule has 2 rings (SSSR count). The molecule has 0 unspecified atom stereocenters. The van der Waals surface area contributed by atoms with Crippen LogP contribution in [0.2, 0.25) is 0 Å². The van der Waals surface area contributed by atoms with Gasteiger partial charge in [-0.15, -0.1) is 0 Å². The fourth-order valence-electron chi connectivity index (χ4n) is 3.32. The van der Waals surface area contributed by atoms with Gasteiger partial charge >= 0.3 is 5.97 Å². The molecule has 23 heavy (non-hydrogen) atoms. The lowest BCUT2D eigenvalue weighted by molar-refractivity contribution is -0.152. The third-order valence-corrected chi connectivity index (χ3v) is 4.93. The van der Waals surface area contributed by atoms with Gasteiger partial charge in [0.1, 0.15) is 5.69 Å². The zero-order valence-corrected chi connectivity index (χ0v) is 14.0. The summed E-state index contributed by atoms with van der Waals surface area (Å²) in [6.07, 6.45) is 2.36. The van der Waals surface area contributed by atoms with E-state index in [1.54, 1.807) is 23.4 Å². The second-order valence-corrected chi connectivity index (χ2v) is 6.40. The van der Waals surface area contributed by atoms with Gasteiger partial charge < -0.3 is 14.6 Å². The molecule has 0 atom stereocenters. The zero-order valence-electron chi connectivity index (χ0n) is 14.0. The van der Waals surface area contributed by atoms with Gasteiger partial charge in [-0.2, -0.15) is 0 Å². The highest BCUT2D eigenvalue weighted by Crippen LogP contribution is 2.36. The summed E-state index contributed by atoms with van der Waals surface area (Å²) in [5.41, 5.74) is 0.174. The van der Waals surface area contributed by atoms with Crippen LogP contribution < -0.4 is 5.43 Å². The summed E-state index contributed by atoms with van der Waals surface area (Å²) < 4.78 is 1.70. The smallest absolute Gasteiger partial charge is 0.309 e. The molecule has 1 saturated heterocycles. The highest BCUT2D eigenvalue weighted by atomic mass is 16.4. The number of pyridine rings is 1. The van der Waals surface area contributed by atoms with E-state index in [0.717, 1.165) is 12.1 Å². The van der Waals surface area contributed by atoms with Crippen LogP contribution in [-0.4, -0.2) is 39.5 Å². The molecular weight excluding hydrogens is 296 g/mol. The van der Waals surface area contributed by atoms with E-state index in [1.165, 1.54) is 12.1 Å². The van der Waals surface area contributed by atoms with Crippen molar-refractivity contribution in [2.75, 3.05) is 13.1 Å². The maximum Gasteiger partial charge on any atom is 0.309 e. The predicted molar refractivity (Wildman–Crippen MR) is 86.5 cm³/mol. The van der Waals surface area contributed by atoms with Crippen LogP contribution in [0.5, 0.6) is 0 Å². The largest absolute Gasteiger partial charge is 0.481 e. The average molecular weight is 320 g/mol. The summed E-state index contributed by atoms with van der Waals surface area (Å²) >= 11 is 0. The first kappa shape index (κ1) is 17.2. The van der Waals surface area contributed by atoms with Crippen LogP contribution in [0, 0.1) is 12.3 Å². The fraction of sp³-hybridized carbons (Fsp3) is 0.588. The van der Waals surface area contributed by atoms with Gasteiger partial charge in [-0.1, -0.05) is 13.3 Å². The average Bonchev–Trinajstić information content (AvgIpc) is 2.51. The van der Waals surface area contributed by atoms with Crippen molar-refractivity contribution in [3.63, 3.8) is 0 Å². The number of aliphatic carboxylic acids is 1. The lowest BCUT2D eigenvalue weighted by Gasteiger charge is -2.39. The number of piperidine rings is 1. The number of hydrogen-bond acceptors (Lipinski definition) is 3. The summed E-state index contributed by atoms with van der Waals surface area (Å²) in [5, 5.41) is 9.53. The van der Waals surface area contributed by atoms with E-state index < -0.39 is 11.4 Å². The van der Waals surface area contributed by atoms with Crippen molar-refractivity contribution in [2.45, 2.75) is 39.5 Å². The molecule has 1 N–H and O–H groups in total. The van der Waals surface area contributed by atoms with Crippen molar-refractivity contribution in [1.29, 1.82) is 0 Å². The van der Waals surface area contributed by atoms with E-state index in [9.17, 15) is 19.5 Å². The van der Waals surface area contributed by atoms with Gasteiger partial charge in [0.15, 0.2) is 5.43 Å². The van der Waals surface area contributed by atoms with Crippen molar-refractivity contribution < 1.29 is 14.7 Å². The molecule has 1 fully saturated rings. The van der Waals surface area contributed by atoms with Crippen molar-refractivity contribution in [3.05, 3.63) is 33.7 Å². The molecule has 0 radical (unpaired) electrons. The molecule has 0 aliphatic carbocycles. The number of carboxylic acids is 1. The summed E-state index contributed by atoms with van der Waals surface area (Å²) in [5.74, 6) is -0.974. The molecule has 2 heterocycles. The van der Waals surface area contributed by atoms with Gasteiger partial charge in [-0.25, -0.2) is 0 Å². The van der Waals surface area contributed by atoms with Gasteiger partial charge in [-0.05, 0) is 26.2 Å². The number of nitrogens with zero attached hydrogens (tertiary/aromatic N) is 2. The zero-order chi connectivity index (χ0) is 17.2. The number of carboxylic acid groups (broad SMARTS) is 1. The molecule has 0 aromatic carbocycles. The Morgan fingerprint density at radius 1 is 1.26 bits per heavy atom. The monoisotopic (exact) mass is 320 g/mol. The number of aromatic nitrogens is 1. The number of hydrogen-bond donors (Lipinski definition) is 1. The van der Waals surface area contributed by atoms with Gasteiger partial charge in [0.05, 0.1) is 5.41 Å². The summed E-state index contributed by atoms with van der Waals surface area (Å²) in [4.78, 5) is 37.6. The van der Waals surface area contributed by atoms with Crippen LogP contribution in [0.3, 0.4) is 0 Å². The van der Waals surface area contributed by atoms with E-state index in [-0.39, 0.29) is 11.3 Å². The van der Waals surface area contributed by atoms with E-state index in [1.807, 2.05) is 6.92 Å². The van der Waals surface area contributed by atoms with Crippen LogP contribution >= 0.6 is 0 Å². The number of likely N-dealkylation sites (tertiary alicyclic amines) is 1. The molecule has 1 aliphatic heterocycles. The molecule has 126 valence electrons. The van der Waals surface area contributed by atoms with Gasteiger partial charge in [0.25, 0.3) is 5.91 Å². The van der Waals surface area contributed by atoms with Crippen LogP contribution in [-0.2, 0) is 11.8 Å². The van der Waals surface area contributed by atoms with Crippen LogP contribution in [0.15, 0.2) is 16.9 Å². The lowest BCUT2D eigenvalue weighted by Crippen LogP contribution is -2.47. The first-order valence-corrected chi connectivity index (χ1v) is 8.01. The van der Waals surface area contributed by atoms with Crippen LogP contribution in [0.25, 0.3) is 0 Å². The first-order valence-electron chi connectivity index (χ1n) is 8.01. The maximum absolute atomic E-state index is 12.7. The highest BCUT2D eigenvalue weighted by molar-refractivity contribution is 5.93. The summed E-state index contributed by atoms with van der Waals surface area (Å²) in [7, 11) is 1.75. The molecule has 6 nitrogen and oxygen atoms in total. The Labute approximate surface area is 135 Å². The Morgan fingerprint density at radius 3 is 2.39 bits per heavy atom. The highest BCUT2D eigenvalue weighted by Gasteiger charge is 2.41. The number of rotatable bonds is 4. The van der Waals surface area contributed by atoms with Gasteiger partial charge in [0, 0.05) is 38.0 Å². The minimum absolute atomic E-state index is 0.188. The second-order valence-electron chi connectivity index (χ2n) is 6.40. The third-order valence-electron chi connectivity index (χ3n) is 4.93. The van der Waals surface area contributed by atoms with Crippen LogP contribution in [0.4, 0.5) is 0 Å². The Bertz CT molecular complexity index is 670. The van der Waals surface area contributed by atoms with E-state index >= 15 is 0 Å². The molecular formula is C17H24N2O4. The van der Waals surface area contributed by atoms with E-state index in [4.69, 9.17) is 0 Å². The Balaban J connectivity index is 2.19. The first-order chi connectivity index (χ1) is 10.8. The van der Waals surface area contributed by atoms with Crippen LogP contribution in [0.1, 0.15) is 48.8 Å². The molecule has 1 amide bonds. The molecule has 1 aliphatic rings. The Kier molecular flexibility index (Phi) is 4.92. The molecule has 6 heteroatoms. The molecule has 0 saturated carbocycles. The Hall–Kier alpha value is -2.11. The molecule has 1 aromatic rings. The van der Waals surface area contributed by atoms with Gasteiger partial charge in [-0.3, -0.25) is 14.4 Å². The fourth-order valence-corrected chi connectivity index (χ4v) is 3.32. The molecule has 0 bridgehead atoms.